The van der Waals surface area contributed by atoms with Crippen molar-refractivity contribution in [1.82, 2.24) is 5.32 Å². The number of nitrogens with one attached hydrogen (secondary N) is 1. The van der Waals surface area contributed by atoms with E-state index in [9.17, 15) is 5.11 Å². The molecule has 1 saturated heterocycles. The first-order chi connectivity index (χ1) is 9.33. The Labute approximate surface area is 119 Å². The van der Waals surface area contributed by atoms with Crippen LogP contribution in [0.4, 0.5) is 0 Å². The third-order valence-corrected chi connectivity index (χ3v) is 5.48. The van der Waals surface area contributed by atoms with E-state index in [1.165, 1.54) is 17.7 Å². The molecule has 0 radical (unpaired) electrons. The van der Waals surface area contributed by atoms with Crippen molar-refractivity contribution in [2.45, 2.75) is 31.7 Å². The summed E-state index contributed by atoms with van der Waals surface area (Å²) in [7, 11) is 0. The number of aliphatic hydroxyl groups is 1. The zero-order valence-electron chi connectivity index (χ0n) is 11.3. The number of thiophene rings is 1. The third kappa shape index (κ3) is 3.19. The van der Waals surface area contributed by atoms with Gasteiger partial charge in [-0.15, -0.1) is 11.3 Å². The smallest absolute Gasteiger partial charge is 0.0501 e. The summed E-state index contributed by atoms with van der Waals surface area (Å²) in [6, 6.07) is 4.86. The molecular formula is C15H23NO2S. The molecule has 0 amide bonds. The summed E-state index contributed by atoms with van der Waals surface area (Å²) < 4.78 is 5.43. The first-order valence-electron chi connectivity index (χ1n) is 7.28. The molecule has 1 aliphatic carbocycles. The Hall–Kier alpha value is -0.420. The van der Waals surface area contributed by atoms with Gasteiger partial charge in [-0.1, -0.05) is 6.07 Å². The van der Waals surface area contributed by atoms with Crippen LogP contribution in [0.25, 0.3) is 0 Å². The quantitative estimate of drug-likeness (QED) is 0.842. The average Bonchev–Trinajstić information content (AvgIpc) is 3.15. The highest BCUT2D eigenvalue weighted by Crippen LogP contribution is 2.43. The van der Waals surface area contributed by atoms with Gasteiger partial charge in [0.05, 0.1) is 6.61 Å². The minimum Gasteiger partial charge on any atom is -0.396 e. The lowest BCUT2D eigenvalue weighted by atomic mass is 9.80. The zero-order valence-corrected chi connectivity index (χ0v) is 12.1. The molecule has 19 heavy (non-hydrogen) atoms. The highest BCUT2D eigenvalue weighted by molar-refractivity contribution is 7.10. The number of hydrogen-bond acceptors (Lipinski definition) is 4. The lowest BCUT2D eigenvalue weighted by Crippen LogP contribution is -2.43. The summed E-state index contributed by atoms with van der Waals surface area (Å²) in [5, 5.41) is 15.6. The molecule has 3 nitrogen and oxygen atoms in total. The van der Waals surface area contributed by atoms with E-state index < -0.39 is 0 Å². The molecule has 1 atom stereocenters. The van der Waals surface area contributed by atoms with Crippen LogP contribution in [0.15, 0.2) is 17.5 Å². The highest BCUT2D eigenvalue weighted by Gasteiger charge is 2.37. The first-order valence-corrected chi connectivity index (χ1v) is 8.16. The standard InChI is InChI=1S/C15H23NO2S/c17-11-15(5-7-18-8-6-15)10-16-14(12-3-4-12)13-2-1-9-19-13/h1-2,9,12,14,16-17H,3-8,10-11H2. The molecule has 1 aliphatic heterocycles. The Bertz CT molecular complexity index is 383. The highest BCUT2D eigenvalue weighted by atomic mass is 32.1. The van der Waals surface area contributed by atoms with Crippen molar-refractivity contribution in [2.75, 3.05) is 26.4 Å². The molecular weight excluding hydrogens is 258 g/mol. The minimum absolute atomic E-state index is 0.0304. The summed E-state index contributed by atoms with van der Waals surface area (Å²) in [5.41, 5.74) is 0.0304. The predicted molar refractivity (Wildman–Crippen MR) is 77.4 cm³/mol. The van der Waals surface area contributed by atoms with Crippen LogP contribution in [-0.2, 0) is 4.74 Å². The lowest BCUT2D eigenvalue weighted by Gasteiger charge is -2.37. The number of hydrogen-bond donors (Lipinski definition) is 2. The van der Waals surface area contributed by atoms with Crippen molar-refractivity contribution < 1.29 is 9.84 Å². The van der Waals surface area contributed by atoms with E-state index in [4.69, 9.17) is 4.74 Å². The van der Waals surface area contributed by atoms with E-state index in [-0.39, 0.29) is 12.0 Å². The van der Waals surface area contributed by atoms with Gasteiger partial charge in [-0.2, -0.15) is 0 Å². The summed E-state index contributed by atoms with van der Waals surface area (Å²) in [5.74, 6) is 0.800. The fraction of sp³-hybridized carbons (Fsp3) is 0.733. The van der Waals surface area contributed by atoms with E-state index in [0.29, 0.717) is 6.04 Å². The predicted octanol–water partition coefficient (Wildman–Crippen LogP) is 2.58. The van der Waals surface area contributed by atoms with Gasteiger partial charge in [0.25, 0.3) is 0 Å². The van der Waals surface area contributed by atoms with Crippen LogP contribution in [-0.4, -0.2) is 31.5 Å². The van der Waals surface area contributed by atoms with E-state index >= 15 is 0 Å². The molecule has 0 spiro atoms. The van der Waals surface area contributed by atoms with Gasteiger partial charge < -0.3 is 15.2 Å². The number of rotatable bonds is 6. The van der Waals surface area contributed by atoms with Crippen LogP contribution in [0.5, 0.6) is 0 Å². The number of ether oxygens (including phenoxy) is 1. The maximum atomic E-state index is 9.75. The monoisotopic (exact) mass is 281 g/mol. The second kappa shape index (κ2) is 5.92. The Morgan fingerprint density at radius 1 is 1.42 bits per heavy atom. The van der Waals surface area contributed by atoms with Crippen LogP contribution in [0.3, 0.4) is 0 Å². The SMILES string of the molecule is OCC1(CNC(c2cccs2)C2CC2)CCOCC1. The molecule has 0 bridgehead atoms. The van der Waals surface area contributed by atoms with Gasteiger partial charge in [0.15, 0.2) is 0 Å². The molecule has 2 heterocycles. The topological polar surface area (TPSA) is 41.5 Å². The van der Waals surface area contributed by atoms with Crippen molar-refractivity contribution >= 4 is 11.3 Å². The van der Waals surface area contributed by atoms with Crippen molar-refractivity contribution in [3.05, 3.63) is 22.4 Å². The molecule has 2 aliphatic rings. The fourth-order valence-electron chi connectivity index (χ4n) is 2.92. The minimum atomic E-state index is 0.0304. The molecule has 2 fully saturated rings. The molecule has 1 unspecified atom stereocenters. The molecule has 3 rings (SSSR count). The van der Waals surface area contributed by atoms with Gasteiger partial charge >= 0.3 is 0 Å². The summed E-state index contributed by atoms with van der Waals surface area (Å²) >= 11 is 1.84. The zero-order chi connectivity index (χ0) is 13.1. The number of aliphatic hydroxyl groups excluding tert-OH is 1. The van der Waals surface area contributed by atoms with Gasteiger partial charge in [-0.05, 0) is 43.0 Å². The molecule has 1 aromatic rings. The van der Waals surface area contributed by atoms with Gasteiger partial charge in [0, 0.05) is 36.1 Å². The second-order valence-corrected chi connectivity index (χ2v) is 6.96. The van der Waals surface area contributed by atoms with Crippen molar-refractivity contribution in [2.24, 2.45) is 11.3 Å². The van der Waals surface area contributed by atoms with E-state index in [1.807, 2.05) is 11.3 Å². The fourth-order valence-corrected chi connectivity index (χ4v) is 3.81. The maximum absolute atomic E-state index is 9.75. The Kier molecular flexibility index (Phi) is 4.22. The Morgan fingerprint density at radius 2 is 2.21 bits per heavy atom. The van der Waals surface area contributed by atoms with Crippen LogP contribution < -0.4 is 5.32 Å². The van der Waals surface area contributed by atoms with Crippen LogP contribution in [0, 0.1) is 11.3 Å². The summed E-state index contributed by atoms with van der Waals surface area (Å²) in [4.78, 5) is 1.45. The Morgan fingerprint density at radius 3 is 2.79 bits per heavy atom. The molecule has 1 aromatic heterocycles. The molecule has 0 aromatic carbocycles. The van der Waals surface area contributed by atoms with E-state index in [1.54, 1.807) is 0 Å². The van der Waals surface area contributed by atoms with Gasteiger partial charge in [0.2, 0.25) is 0 Å². The molecule has 106 valence electrons. The average molecular weight is 281 g/mol. The van der Waals surface area contributed by atoms with Gasteiger partial charge in [-0.25, -0.2) is 0 Å². The van der Waals surface area contributed by atoms with E-state index in [0.717, 1.165) is 38.5 Å². The molecule has 2 N–H and O–H groups in total. The van der Waals surface area contributed by atoms with Gasteiger partial charge in [0.1, 0.15) is 0 Å². The molecule has 1 saturated carbocycles. The summed E-state index contributed by atoms with van der Waals surface area (Å²) in [6.07, 6.45) is 4.62. The second-order valence-electron chi connectivity index (χ2n) is 5.98. The van der Waals surface area contributed by atoms with E-state index in [2.05, 4.69) is 22.8 Å². The van der Waals surface area contributed by atoms with Crippen molar-refractivity contribution in [1.29, 1.82) is 0 Å². The normalized spacial score (nSPS) is 24.3. The van der Waals surface area contributed by atoms with Crippen LogP contribution >= 0.6 is 11.3 Å². The lowest BCUT2D eigenvalue weighted by molar-refractivity contribution is -0.0168. The molecule has 4 heteroatoms. The third-order valence-electron chi connectivity index (χ3n) is 4.53. The largest absolute Gasteiger partial charge is 0.396 e. The Balaban J connectivity index is 1.62. The van der Waals surface area contributed by atoms with Crippen molar-refractivity contribution in [3.8, 4) is 0 Å². The summed E-state index contributed by atoms with van der Waals surface area (Å²) in [6.45, 7) is 2.75. The van der Waals surface area contributed by atoms with Crippen LogP contribution in [0.2, 0.25) is 0 Å². The van der Waals surface area contributed by atoms with Crippen molar-refractivity contribution in [3.63, 3.8) is 0 Å². The first kappa shape index (κ1) is 13.6. The maximum Gasteiger partial charge on any atom is 0.0501 e. The van der Waals surface area contributed by atoms with Gasteiger partial charge in [-0.3, -0.25) is 0 Å². The van der Waals surface area contributed by atoms with Crippen LogP contribution in [0.1, 0.15) is 36.6 Å².